The summed E-state index contributed by atoms with van der Waals surface area (Å²) >= 11 is 5.39. The molecule has 0 unspecified atom stereocenters. The third-order valence-corrected chi connectivity index (χ3v) is 4.16. The van der Waals surface area contributed by atoms with Crippen molar-refractivity contribution in [3.05, 3.63) is 36.0 Å². The number of rotatable bonds is 10. The summed E-state index contributed by atoms with van der Waals surface area (Å²) in [4.78, 5) is 5.08. The Kier molecular flexibility index (Phi) is 7.88. The van der Waals surface area contributed by atoms with Gasteiger partial charge in [-0.05, 0) is 57.5 Å². The summed E-state index contributed by atoms with van der Waals surface area (Å²) in [6, 6.07) is 9.17. The maximum Gasteiger partial charge on any atom is 0.141 e. The molecule has 0 saturated heterocycles. The quantitative estimate of drug-likeness (QED) is 0.390. The minimum Gasteiger partial charge on any atom is -0.506 e. The van der Waals surface area contributed by atoms with Crippen molar-refractivity contribution >= 4 is 28.1 Å². The third-order valence-electron chi connectivity index (χ3n) is 3.81. The van der Waals surface area contributed by atoms with Crippen molar-refractivity contribution in [3.8, 4) is 5.75 Å². The normalized spacial score (nSPS) is 10.9. The summed E-state index contributed by atoms with van der Waals surface area (Å²) in [7, 11) is 0. The first-order valence-corrected chi connectivity index (χ1v) is 8.91. The minimum absolute atomic E-state index is 0.179. The first-order valence-electron chi connectivity index (χ1n) is 8.50. The van der Waals surface area contributed by atoms with Gasteiger partial charge in [0, 0.05) is 11.9 Å². The van der Waals surface area contributed by atoms with E-state index in [1.807, 2.05) is 18.2 Å². The molecule has 1 aromatic carbocycles. The van der Waals surface area contributed by atoms with Crippen molar-refractivity contribution in [1.29, 1.82) is 0 Å². The number of para-hydroxylation sites is 1. The number of thiocarbonyl (C=S) groups is 1. The van der Waals surface area contributed by atoms with Crippen LogP contribution in [0.25, 0.3) is 10.9 Å². The van der Waals surface area contributed by atoms with Crippen LogP contribution in [0.4, 0.5) is 0 Å². The second-order valence-corrected chi connectivity index (χ2v) is 6.16. The molecule has 1 aromatic heterocycles. The number of pyridine rings is 1. The average molecular weight is 347 g/mol. The molecule has 0 saturated carbocycles. The smallest absolute Gasteiger partial charge is 0.141 e. The average Bonchev–Trinajstić information content (AvgIpc) is 2.60. The zero-order valence-corrected chi connectivity index (χ0v) is 14.7. The van der Waals surface area contributed by atoms with E-state index < -0.39 is 0 Å². The molecule has 0 atom stereocenters. The number of fused-ring (bicyclic) bond motifs is 1. The number of aromatic hydroxyl groups is 1. The van der Waals surface area contributed by atoms with E-state index >= 15 is 0 Å². The Morgan fingerprint density at radius 2 is 1.79 bits per heavy atom. The zero-order chi connectivity index (χ0) is 17.2. The van der Waals surface area contributed by atoms with Gasteiger partial charge < -0.3 is 21.5 Å². The highest BCUT2D eigenvalue weighted by Crippen LogP contribution is 2.22. The monoisotopic (exact) mass is 346 g/mol. The van der Waals surface area contributed by atoms with Gasteiger partial charge in [-0.2, -0.15) is 0 Å². The predicted molar refractivity (Wildman–Crippen MR) is 104 cm³/mol. The summed E-state index contributed by atoms with van der Waals surface area (Å²) in [6.07, 6.45) is 4.36. The third kappa shape index (κ3) is 5.70. The fraction of sp³-hybridized carbons (Fsp3) is 0.444. The van der Waals surface area contributed by atoms with Gasteiger partial charge in [-0.25, -0.2) is 4.98 Å². The number of nitrogens with zero attached hydrogens (tertiary/aromatic N) is 1. The Morgan fingerprint density at radius 1 is 1.04 bits per heavy atom. The zero-order valence-electron chi connectivity index (χ0n) is 13.9. The molecule has 2 aromatic rings. The summed E-state index contributed by atoms with van der Waals surface area (Å²) in [6.45, 7) is 3.64. The molecule has 0 amide bonds. The lowest BCUT2D eigenvalue weighted by Crippen LogP contribution is -2.25. The van der Waals surface area contributed by atoms with E-state index in [1.165, 1.54) is 0 Å². The first kappa shape index (κ1) is 18.6. The van der Waals surface area contributed by atoms with Crippen LogP contribution in [0, 0.1) is 0 Å². The number of benzene rings is 1. The Bertz CT molecular complexity index is 663. The first-order chi connectivity index (χ1) is 11.7. The van der Waals surface area contributed by atoms with Crippen LogP contribution in [-0.4, -0.2) is 41.3 Å². The van der Waals surface area contributed by atoms with Crippen molar-refractivity contribution in [2.24, 2.45) is 5.73 Å². The summed E-state index contributed by atoms with van der Waals surface area (Å²) < 4.78 is 0. The highest BCUT2D eigenvalue weighted by atomic mass is 32.1. The number of hydrogen-bond donors (Lipinski definition) is 4. The molecule has 2 rings (SSSR count). The molecular formula is C18H26N4OS. The molecule has 24 heavy (non-hydrogen) atoms. The van der Waals surface area contributed by atoms with E-state index in [9.17, 15) is 5.11 Å². The predicted octanol–water partition coefficient (Wildman–Crippen LogP) is 2.31. The van der Waals surface area contributed by atoms with Crippen LogP contribution >= 0.6 is 12.2 Å². The van der Waals surface area contributed by atoms with Crippen LogP contribution in [0.5, 0.6) is 5.75 Å². The molecule has 0 bridgehead atoms. The molecule has 0 spiro atoms. The van der Waals surface area contributed by atoms with Gasteiger partial charge >= 0.3 is 0 Å². The highest BCUT2D eigenvalue weighted by Gasteiger charge is 2.06. The van der Waals surface area contributed by atoms with Gasteiger partial charge in [-0.1, -0.05) is 30.4 Å². The molecule has 0 radical (unpaired) electrons. The molecule has 5 nitrogen and oxygen atoms in total. The minimum atomic E-state index is 0.179. The number of aromatic nitrogens is 1. The highest BCUT2D eigenvalue weighted by molar-refractivity contribution is 7.80. The SMILES string of the molecule is NCCCCNCCCCNC(=S)c1ccc2cccc(O)c2n1. The topological polar surface area (TPSA) is 83.2 Å². The van der Waals surface area contributed by atoms with E-state index in [1.54, 1.807) is 12.1 Å². The standard InChI is InChI=1S/C18H26N4OS/c19-10-1-2-11-20-12-3-4-13-21-18(24)15-9-8-14-6-5-7-16(23)17(14)22-15/h5-9,20,23H,1-4,10-13,19H2,(H,21,24). The Labute approximate surface area is 148 Å². The van der Waals surface area contributed by atoms with Gasteiger partial charge in [0.05, 0.1) is 5.69 Å². The molecule has 130 valence electrons. The maximum atomic E-state index is 9.89. The maximum absolute atomic E-state index is 9.89. The largest absolute Gasteiger partial charge is 0.506 e. The lowest BCUT2D eigenvalue weighted by Gasteiger charge is -2.09. The number of nitrogens with one attached hydrogen (secondary N) is 2. The number of unbranched alkanes of at least 4 members (excludes halogenated alkanes) is 2. The van der Waals surface area contributed by atoms with Crippen LogP contribution in [0.3, 0.4) is 0 Å². The number of nitrogens with two attached hydrogens (primary N) is 1. The van der Waals surface area contributed by atoms with Gasteiger partial charge in [0.2, 0.25) is 0 Å². The van der Waals surface area contributed by atoms with Crippen molar-refractivity contribution in [3.63, 3.8) is 0 Å². The molecule has 1 heterocycles. The second-order valence-electron chi connectivity index (χ2n) is 5.75. The molecule has 0 fully saturated rings. The Hall–Kier alpha value is -1.76. The number of phenolic OH excluding ortho intramolecular Hbond substituents is 1. The van der Waals surface area contributed by atoms with E-state index in [0.717, 1.165) is 57.2 Å². The summed E-state index contributed by atoms with van der Waals surface area (Å²) in [5.74, 6) is 0.179. The van der Waals surface area contributed by atoms with E-state index in [4.69, 9.17) is 18.0 Å². The van der Waals surface area contributed by atoms with E-state index in [-0.39, 0.29) is 5.75 Å². The Morgan fingerprint density at radius 3 is 2.58 bits per heavy atom. The van der Waals surface area contributed by atoms with Crippen LogP contribution in [-0.2, 0) is 0 Å². The van der Waals surface area contributed by atoms with Crippen LogP contribution < -0.4 is 16.4 Å². The van der Waals surface area contributed by atoms with Crippen LogP contribution in [0.2, 0.25) is 0 Å². The Balaban J connectivity index is 1.70. The van der Waals surface area contributed by atoms with E-state index in [2.05, 4.69) is 15.6 Å². The van der Waals surface area contributed by atoms with Crippen molar-refractivity contribution in [2.45, 2.75) is 25.7 Å². The fourth-order valence-electron chi connectivity index (χ4n) is 2.44. The summed E-state index contributed by atoms with van der Waals surface area (Å²) in [5, 5.41) is 17.4. The second kappa shape index (κ2) is 10.2. The lowest BCUT2D eigenvalue weighted by molar-refractivity contribution is 0.480. The van der Waals surface area contributed by atoms with Crippen LogP contribution in [0.15, 0.2) is 30.3 Å². The van der Waals surface area contributed by atoms with Crippen molar-refractivity contribution in [2.75, 3.05) is 26.2 Å². The van der Waals surface area contributed by atoms with Crippen LogP contribution in [0.1, 0.15) is 31.4 Å². The van der Waals surface area contributed by atoms with Crippen molar-refractivity contribution in [1.82, 2.24) is 15.6 Å². The van der Waals surface area contributed by atoms with Gasteiger partial charge in [0.15, 0.2) is 0 Å². The summed E-state index contributed by atoms with van der Waals surface area (Å²) in [5.41, 5.74) is 6.73. The van der Waals surface area contributed by atoms with Gasteiger partial charge in [-0.3, -0.25) is 0 Å². The molecular weight excluding hydrogens is 320 g/mol. The number of hydrogen-bond acceptors (Lipinski definition) is 5. The van der Waals surface area contributed by atoms with Gasteiger partial charge in [0.1, 0.15) is 16.3 Å². The molecule has 5 N–H and O–H groups in total. The molecule has 6 heteroatoms. The molecule has 0 aliphatic rings. The van der Waals surface area contributed by atoms with Crippen molar-refractivity contribution < 1.29 is 5.11 Å². The number of phenols is 1. The fourth-order valence-corrected chi connectivity index (χ4v) is 2.66. The lowest BCUT2D eigenvalue weighted by atomic mass is 10.2. The van der Waals surface area contributed by atoms with Gasteiger partial charge in [-0.15, -0.1) is 0 Å². The molecule has 0 aliphatic carbocycles. The molecule has 0 aliphatic heterocycles. The van der Waals surface area contributed by atoms with Gasteiger partial charge in [0.25, 0.3) is 0 Å². The van der Waals surface area contributed by atoms with E-state index in [0.29, 0.717) is 16.2 Å².